The van der Waals surface area contributed by atoms with Crippen LogP contribution < -0.4 is 9.64 Å². The highest BCUT2D eigenvalue weighted by atomic mass is 32.1. The second-order valence-corrected chi connectivity index (χ2v) is 4.78. The summed E-state index contributed by atoms with van der Waals surface area (Å²) < 4.78 is 18.9. The number of ether oxygens (including phenoxy) is 2. The summed E-state index contributed by atoms with van der Waals surface area (Å²) in [5.74, 6) is 0.459. The van der Waals surface area contributed by atoms with E-state index in [1.54, 1.807) is 24.3 Å². The van der Waals surface area contributed by atoms with Crippen LogP contribution in [0.4, 0.5) is 5.82 Å². The van der Waals surface area contributed by atoms with Crippen LogP contribution in [0.15, 0.2) is 30.3 Å². The van der Waals surface area contributed by atoms with Gasteiger partial charge < -0.3 is 14.4 Å². The fourth-order valence-corrected chi connectivity index (χ4v) is 2.43. The van der Waals surface area contributed by atoms with Crippen LogP contribution in [0.2, 0.25) is 0 Å². The SMILES string of the molecule is O=C(Oc1nsnc1N1CCOCC1)c1ccccc1. The van der Waals surface area contributed by atoms with E-state index >= 15 is 0 Å². The molecule has 0 amide bonds. The van der Waals surface area contributed by atoms with Crippen molar-refractivity contribution in [3.8, 4) is 5.88 Å². The first-order valence-electron chi connectivity index (χ1n) is 6.27. The lowest BCUT2D eigenvalue weighted by atomic mass is 10.2. The molecule has 0 radical (unpaired) electrons. The molecule has 0 saturated carbocycles. The van der Waals surface area contributed by atoms with Crippen molar-refractivity contribution in [1.82, 2.24) is 8.75 Å². The fraction of sp³-hybridized carbons (Fsp3) is 0.308. The maximum atomic E-state index is 12.0. The molecule has 0 spiro atoms. The summed E-state index contributed by atoms with van der Waals surface area (Å²) in [4.78, 5) is 14.0. The van der Waals surface area contributed by atoms with E-state index in [-0.39, 0.29) is 5.88 Å². The molecule has 3 rings (SSSR count). The Bertz CT molecular complexity index is 582. The number of hydrogen-bond acceptors (Lipinski definition) is 7. The molecule has 2 aromatic rings. The first-order valence-corrected chi connectivity index (χ1v) is 7.00. The predicted octanol–water partition coefficient (Wildman–Crippen LogP) is 1.59. The number of rotatable bonds is 3. The average Bonchev–Trinajstić information content (AvgIpc) is 2.97. The van der Waals surface area contributed by atoms with E-state index in [2.05, 4.69) is 8.75 Å². The third kappa shape index (κ3) is 2.78. The van der Waals surface area contributed by atoms with Crippen LogP contribution in [0.1, 0.15) is 10.4 Å². The van der Waals surface area contributed by atoms with Gasteiger partial charge in [-0.15, -0.1) is 4.37 Å². The highest BCUT2D eigenvalue weighted by Crippen LogP contribution is 2.26. The first-order chi connectivity index (χ1) is 9.84. The van der Waals surface area contributed by atoms with E-state index in [4.69, 9.17) is 9.47 Å². The number of nitrogens with zero attached hydrogens (tertiary/aromatic N) is 3. The number of benzene rings is 1. The normalized spacial score (nSPS) is 15.1. The van der Waals surface area contributed by atoms with Crippen LogP contribution in [0.5, 0.6) is 5.88 Å². The molecule has 0 bridgehead atoms. The Morgan fingerprint density at radius 2 is 1.95 bits per heavy atom. The van der Waals surface area contributed by atoms with Crippen LogP contribution in [-0.4, -0.2) is 41.0 Å². The number of carbonyl (C=O) groups is 1. The van der Waals surface area contributed by atoms with E-state index in [0.717, 1.165) is 24.8 Å². The molecular formula is C13H13N3O3S. The van der Waals surface area contributed by atoms with Gasteiger partial charge in [-0.25, -0.2) is 4.79 Å². The van der Waals surface area contributed by atoms with Crippen LogP contribution in [0.25, 0.3) is 0 Å². The van der Waals surface area contributed by atoms with Crippen molar-refractivity contribution in [3.05, 3.63) is 35.9 Å². The molecule has 104 valence electrons. The number of aromatic nitrogens is 2. The maximum Gasteiger partial charge on any atom is 0.345 e. The number of esters is 1. The van der Waals surface area contributed by atoms with Crippen LogP contribution in [-0.2, 0) is 4.74 Å². The molecule has 0 unspecified atom stereocenters. The second kappa shape index (κ2) is 5.98. The summed E-state index contributed by atoms with van der Waals surface area (Å²) in [5.41, 5.74) is 0.494. The van der Waals surface area contributed by atoms with Gasteiger partial charge in [0.1, 0.15) is 0 Å². The minimum Gasteiger partial charge on any atom is -0.399 e. The molecular weight excluding hydrogens is 278 g/mol. The number of anilines is 1. The highest BCUT2D eigenvalue weighted by molar-refractivity contribution is 6.99. The molecule has 1 aromatic heterocycles. The zero-order valence-electron chi connectivity index (χ0n) is 10.7. The van der Waals surface area contributed by atoms with Crippen molar-refractivity contribution in [1.29, 1.82) is 0 Å². The van der Waals surface area contributed by atoms with Gasteiger partial charge in [0.05, 0.1) is 30.5 Å². The summed E-state index contributed by atoms with van der Waals surface area (Å²) in [6.45, 7) is 2.73. The average molecular weight is 291 g/mol. The van der Waals surface area contributed by atoms with Gasteiger partial charge in [-0.05, 0) is 12.1 Å². The van der Waals surface area contributed by atoms with Crippen molar-refractivity contribution in [2.75, 3.05) is 31.2 Å². The van der Waals surface area contributed by atoms with Gasteiger partial charge in [-0.2, -0.15) is 4.37 Å². The zero-order valence-corrected chi connectivity index (χ0v) is 11.5. The standard InChI is InChI=1S/C13H13N3O3S/c17-13(10-4-2-1-3-5-10)19-12-11(14-20-15-12)16-6-8-18-9-7-16/h1-5H,6-9H2. The molecule has 1 fully saturated rings. The third-order valence-corrected chi connectivity index (χ3v) is 3.45. The predicted molar refractivity (Wildman–Crippen MR) is 74.3 cm³/mol. The lowest BCUT2D eigenvalue weighted by molar-refractivity contribution is 0.0728. The topological polar surface area (TPSA) is 64.5 Å². The third-order valence-electron chi connectivity index (χ3n) is 2.95. The molecule has 7 heteroatoms. The van der Waals surface area contributed by atoms with Crippen molar-refractivity contribution >= 4 is 23.5 Å². The summed E-state index contributed by atoms with van der Waals surface area (Å²) >= 11 is 1.04. The molecule has 1 aliphatic rings. The Morgan fingerprint density at radius 3 is 2.70 bits per heavy atom. The Balaban J connectivity index is 1.75. The van der Waals surface area contributed by atoms with Gasteiger partial charge in [-0.3, -0.25) is 0 Å². The van der Waals surface area contributed by atoms with Gasteiger partial charge in [0.2, 0.25) is 5.82 Å². The second-order valence-electron chi connectivity index (χ2n) is 4.25. The van der Waals surface area contributed by atoms with Crippen molar-refractivity contribution in [2.24, 2.45) is 0 Å². The summed E-state index contributed by atoms with van der Waals surface area (Å²) in [7, 11) is 0. The van der Waals surface area contributed by atoms with E-state index in [0.29, 0.717) is 24.6 Å². The minimum atomic E-state index is -0.423. The Kier molecular flexibility index (Phi) is 3.89. The quantitative estimate of drug-likeness (QED) is 0.800. The largest absolute Gasteiger partial charge is 0.399 e. The fourth-order valence-electron chi connectivity index (χ4n) is 1.93. The van der Waals surface area contributed by atoms with Crippen molar-refractivity contribution < 1.29 is 14.3 Å². The summed E-state index contributed by atoms with van der Waals surface area (Å²) in [6, 6.07) is 8.84. The number of morpholine rings is 1. The molecule has 0 aliphatic carbocycles. The Morgan fingerprint density at radius 1 is 1.20 bits per heavy atom. The van der Waals surface area contributed by atoms with E-state index in [1.807, 2.05) is 11.0 Å². The lowest BCUT2D eigenvalue weighted by Gasteiger charge is -2.26. The minimum absolute atomic E-state index is 0.269. The van der Waals surface area contributed by atoms with Crippen molar-refractivity contribution in [3.63, 3.8) is 0 Å². The molecule has 1 aliphatic heterocycles. The lowest BCUT2D eigenvalue weighted by Crippen LogP contribution is -2.36. The van der Waals surface area contributed by atoms with Gasteiger partial charge in [0.25, 0.3) is 5.88 Å². The first kappa shape index (κ1) is 13.0. The Hall–Kier alpha value is -1.99. The number of carbonyl (C=O) groups excluding carboxylic acids is 1. The van der Waals surface area contributed by atoms with Crippen molar-refractivity contribution in [2.45, 2.75) is 0 Å². The highest BCUT2D eigenvalue weighted by Gasteiger charge is 2.22. The van der Waals surface area contributed by atoms with Crippen LogP contribution >= 0.6 is 11.7 Å². The molecule has 1 saturated heterocycles. The zero-order chi connectivity index (χ0) is 13.8. The summed E-state index contributed by atoms with van der Waals surface area (Å²) in [5, 5.41) is 0. The van der Waals surface area contributed by atoms with Crippen LogP contribution in [0.3, 0.4) is 0 Å². The van der Waals surface area contributed by atoms with Gasteiger partial charge in [0, 0.05) is 13.1 Å². The maximum absolute atomic E-state index is 12.0. The van der Waals surface area contributed by atoms with E-state index < -0.39 is 5.97 Å². The smallest absolute Gasteiger partial charge is 0.345 e. The Labute approximate surface area is 120 Å². The van der Waals surface area contributed by atoms with Gasteiger partial charge >= 0.3 is 5.97 Å². The van der Waals surface area contributed by atoms with Crippen LogP contribution in [0, 0.1) is 0 Å². The molecule has 1 aromatic carbocycles. The molecule has 6 nitrogen and oxygen atoms in total. The monoisotopic (exact) mass is 291 g/mol. The van der Waals surface area contributed by atoms with Gasteiger partial charge in [0.15, 0.2) is 0 Å². The number of hydrogen-bond donors (Lipinski definition) is 0. The molecule has 20 heavy (non-hydrogen) atoms. The summed E-state index contributed by atoms with van der Waals surface area (Å²) in [6.07, 6.45) is 0. The van der Waals surface area contributed by atoms with Gasteiger partial charge in [-0.1, -0.05) is 18.2 Å². The van der Waals surface area contributed by atoms with E-state index in [9.17, 15) is 4.79 Å². The van der Waals surface area contributed by atoms with E-state index in [1.165, 1.54) is 0 Å². The molecule has 0 atom stereocenters. The molecule has 2 heterocycles. The molecule has 0 N–H and O–H groups in total.